The molecule has 8 heteroatoms. The summed E-state index contributed by atoms with van der Waals surface area (Å²) in [5.74, 6) is -0.558. The minimum atomic E-state index is -0.470. The second-order valence-electron chi connectivity index (χ2n) is 10.9. The second-order valence-corrected chi connectivity index (χ2v) is 10.9. The Labute approximate surface area is 195 Å². The normalized spacial score (nSPS) is 22.5. The third-order valence-electron chi connectivity index (χ3n) is 7.44. The number of likely N-dealkylation sites (tertiary alicyclic amines) is 1. The van der Waals surface area contributed by atoms with E-state index in [0.29, 0.717) is 28.9 Å². The fourth-order valence-corrected chi connectivity index (χ4v) is 5.60. The van der Waals surface area contributed by atoms with Crippen LogP contribution in [0.5, 0.6) is 0 Å². The van der Waals surface area contributed by atoms with Gasteiger partial charge >= 0.3 is 0 Å². The lowest BCUT2D eigenvalue weighted by molar-refractivity contribution is -0.00767. The van der Waals surface area contributed by atoms with Crippen LogP contribution in [-0.2, 0) is 6.42 Å². The summed E-state index contributed by atoms with van der Waals surface area (Å²) in [6.45, 7) is 12.8. The zero-order chi connectivity index (χ0) is 24.3. The zero-order valence-corrected chi connectivity index (χ0v) is 20.7. The maximum absolute atomic E-state index is 12.5. The number of amides is 2. The minimum absolute atomic E-state index is 0.00554. The highest BCUT2D eigenvalue weighted by Crippen LogP contribution is 2.38. The number of primary amides is 1. The van der Waals surface area contributed by atoms with Crippen LogP contribution in [-0.4, -0.2) is 56.7 Å². The van der Waals surface area contributed by atoms with Crippen molar-refractivity contribution in [3.8, 4) is 5.69 Å². The first-order valence-corrected chi connectivity index (χ1v) is 11.6. The molecule has 2 amide bonds. The fraction of sp³-hybridized carbons (Fsp3) is 0.560. The molecule has 2 aliphatic rings. The lowest BCUT2D eigenvalue weighted by atomic mass is 9.77. The van der Waals surface area contributed by atoms with Crippen LogP contribution >= 0.6 is 0 Å². The summed E-state index contributed by atoms with van der Waals surface area (Å²) in [7, 11) is 2.17. The molecule has 0 saturated carbocycles. The van der Waals surface area contributed by atoms with E-state index in [4.69, 9.17) is 5.73 Å². The Kier molecular flexibility index (Phi) is 5.55. The number of piperidine rings is 1. The molecule has 8 nitrogen and oxygen atoms in total. The number of nitrogens with two attached hydrogens (primary N) is 1. The van der Waals surface area contributed by atoms with Gasteiger partial charge < -0.3 is 16.4 Å². The highest BCUT2D eigenvalue weighted by Gasteiger charge is 2.43. The molecule has 0 radical (unpaired) electrons. The standard InChI is InChI=1S/C25H36N6O2/c1-14-10-20-21(23(33)27-14)15(2)29-31(20)17-8-9-18(22(26)32)19(11-17)28-16-12-24(3,4)30(7)25(5,6)13-16/h8-9,11,14,16,28H,10,12-13H2,1-7H3,(H2,26,32)(H,27,33). The molecule has 1 atom stereocenters. The average Bonchev–Trinajstić information content (AvgIpc) is 3.02. The van der Waals surface area contributed by atoms with E-state index in [1.54, 1.807) is 6.07 Å². The third kappa shape index (κ3) is 4.12. The lowest BCUT2D eigenvalue weighted by Crippen LogP contribution is -2.61. The van der Waals surface area contributed by atoms with Crippen molar-refractivity contribution in [2.75, 3.05) is 12.4 Å². The Hall–Kier alpha value is -2.87. The number of anilines is 1. The van der Waals surface area contributed by atoms with Crippen LogP contribution in [0.15, 0.2) is 18.2 Å². The number of hydrogen-bond acceptors (Lipinski definition) is 5. The summed E-state index contributed by atoms with van der Waals surface area (Å²) in [6, 6.07) is 5.74. The molecular formula is C25H36N6O2. The fourth-order valence-electron chi connectivity index (χ4n) is 5.60. The van der Waals surface area contributed by atoms with E-state index in [-0.39, 0.29) is 29.1 Å². The van der Waals surface area contributed by atoms with Gasteiger partial charge in [-0.15, -0.1) is 0 Å². The van der Waals surface area contributed by atoms with Gasteiger partial charge in [0, 0.05) is 35.3 Å². The van der Waals surface area contributed by atoms with Crippen LogP contribution in [0, 0.1) is 6.92 Å². The van der Waals surface area contributed by atoms with Crippen LogP contribution in [0.4, 0.5) is 5.69 Å². The maximum Gasteiger partial charge on any atom is 0.255 e. The number of carbonyl (C=O) groups excluding carboxylic acids is 2. The van der Waals surface area contributed by atoms with E-state index >= 15 is 0 Å². The summed E-state index contributed by atoms with van der Waals surface area (Å²) in [6.07, 6.45) is 2.56. The average molecular weight is 453 g/mol. The number of fused-ring (bicyclic) bond motifs is 1. The summed E-state index contributed by atoms with van der Waals surface area (Å²) in [5, 5.41) is 11.3. The molecule has 3 heterocycles. The first-order valence-electron chi connectivity index (χ1n) is 11.6. The Balaban J connectivity index is 1.74. The number of hydrogen-bond donors (Lipinski definition) is 3. The third-order valence-corrected chi connectivity index (χ3v) is 7.44. The summed E-state index contributed by atoms with van der Waals surface area (Å²) in [5.41, 5.74) is 9.93. The van der Waals surface area contributed by atoms with Crippen molar-refractivity contribution in [3.63, 3.8) is 0 Å². The van der Waals surface area contributed by atoms with Gasteiger partial charge in [0.1, 0.15) is 0 Å². The molecule has 1 unspecified atom stereocenters. The summed E-state index contributed by atoms with van der Waals surface area (Å²) < 4.78 is 1.83. The molecule has 4 rings (SSSR count). The molecule has 0 spiro atoms. The molecule has 4 N–H and O–H groups in total. The Morgan fingerprint density at radius 3 is 2.45 bits per heavy atom. The molecule has 2 aromatic rings. The highest BCUT2D eigenvalue weighted by atomic mass is 16.2. The topological polar surface area (TPSA) is 105 Å². The van der Waals surface area contributed by atoms with E-state index in [1.165, 1.54) is 0 Å². The molecule has 1 fully saturated rings. The lowest BCUT2D eigenvalue weighted by Gasteiger charge is -2.54. The highest BCUT2D eigenvalue weighted by molar-refractivity contribution is 5.99. The van der Waals surface area contributed by atoms with Crippen molar-refractivity contribution in [2.24, 2.45) is 5.73 Å². The smallest absolute Gasteiger partial charge is 0.255 e. The molecule has 0 aliphatic carbocycles. The molecule has 2 aliphatic heterocycles. The monoisotopic (exact) mass is 452 g/mol. The summed E-state index contributed by atoms with van der Waals surface area (Å²) in [4.78, 5) is 27.2. The van der Waals surface area contributed by atoms with Crippen LogP contribution in [0.3, 0.4) is 0 Å². The van der Waals surface area contributed by atoms with Gasteiger partial charge in [-0.2, -0.15) is 5.10 Å². The van der Waals surface area contributed by atoms with Gasteiger partial charge in [0.2, 0.25) is 0 Å². The van der Waals surface area contributed by atoms with Gasteiger partial charge in [-0.3, -0.25) is 14.5 Å². The van der Waals surface area contributed by atoms with E-state index in [9.17, 15) is 9.59 Å². The SMILES string of the molecule is Cc1nn(-c2ccc(C(N)=O)c(NC3CC(C)(C)N(C)C(C)(C)C3)c2)c2c1C(=O)NC(C)C2. The zero-order valence-electron chi connectivity index (χ0n) is 20.7. The second kappa shape index (κ2) is 7.87. The predicted molar refractivity (Wildman–Crippen MR) is 130 cm³/mol. The molecule has 33 heavy (non-hydrogen) atoms. The van der Waals surface area contributed by atoms with Crippen molar-refractivity contribution in [2.45, 2.75) is 84.0 Å². The Bertz CT molecular complexity index is 1100. The van der Waals surface area contributed by atoms with E-state index in [1.807, 2.05) is 30.7 Å². The number of rotatable bonds is 4. The number of carbonyl (C=O) groups is 2. The molecule has 1 saturated heterocycles. The van der Waals surface area contributed by atoms with Crippen molar-refractivity contribution in [3.05, 3.63) is 40.7 Å². The predicted octanol–water partition coefficient (Wildman–Crippen LogP) is 3.02. The number of nitrogens with one attached hydrogen (secondary N) is 2. The number of nitrogens with zero attached hydrogens (tertiary/aromatic N) is 3. The largest absolute Gasteiger partial charge is 0.381 e. The van der Waals surface area contributed by atoms with Gasteiger partial charge in [0.15, 0.2) is 0 Å². The van der Waals surface area contributed by atoms with Crippen molar-refractivity contribution in [1.82, 2.24) is 20.0 Å². The summed E-state index contributed by atoms with van der Waals surface area (Å²) >= 11 is 0. The van der Waals surface area contributed by atoms with E-state index in [0.717, 1.165) is 24.2 Å². The van der Waals surface area contributed by atoms with Crippen LogP contribution in [0.25, 0.3) is 5.69 Å². The Morgan fingerprint density at radius 1 is 1.21 bits per heavy atom. The van der Waals surface area contributed by atoms with Gasteiger partial charge in [0.05, 0.1) is 28.2 Å². The van der Waals surface area contributed by atoms with Crippen molar-refractivity contribution >= 4 is 17.5 Å². The van der Waals surface area contributed by atoms with Gasteiger partial charge in [-0.05, 0) is 79.6 Å². The molecule has 1 aromatic carbocycles. The number of aromatic nitrogens is 2. The van der Waals surface area contributed by atoms with Crippen LogP contribution in [0.1, 0.15) is 79.6 Å². The van der Waals surface area contributed by atoms with E-state index in [2.05, 4.69) is 55.4 Å². The maximum atomic E-state index is 12.5. The van der Waals surface area contributed by atoms with Crippen LogP contribution < -0.4 is 16.4 Å². The Morgan fingerprint density at radius 2 is 1.85 bits per heavy atom. The number of benzene rings is 1. The van der Waals surface area contributed by atoms with Gasteiger partial charge in [-0.25, -0.2) is 4.68 Å². The van der Waals surface area contributed by atoms with Crippen molar-refractivity contribution < 1.29 is 9.59 Å². The van der Waals surface area contributed by atoms with Crippen molar-refractivity contribution in [1.29, 1.82) is 0 Å². The molecule has 0 bridgehead atoms. The molecule has 178 valence electrons. The first kappa shape index (κ1) is 23.3. The minimum Gasteiger partial charge on any atom is -0.381 e. The number of aryl methyl sites for hydroxylation is 1. The van der Waals surface area contributed by atoms with Gasteiger partial charge in [0.25, 0.3) is 11.8 Å². The van der Waals surface area contributed by atoms with Crippen LogP contribution in [0.2, 0.25) is 0 Å². The van der Waals surface area contributed by atoms with E-state index < -0.39 is 5.91 Å². The quantitative estimate of drug-likeness (QED) is 0.661. The first-order chi connectivity index (χ1) is 15.3. The van der Waals surface area contributed by atoms with Gasteiger partial charge in [-0.1, -0.05) is 0 Å². The molecular weight excluding hydrogens is 416 g/mol. The molecule has 1 aromatic heterocycles.